The lowest BCUT2D eigenvalue weighted by Crippen LogP contribution is -2.40. The number of ether oxygens (including phenoxy) is 2. The number of thiocarbonyl (C=S) groups is 1. The van der Waals surface area contributed by atoms with Crippen LogP contribution in [0.2, 0.25) is 0 Å². The van der Waals surface area contributed by atoms with Gasteiger partial charge in [-0.05, 0) is 79.2 Å². The lowest BCUT2D eigenvalue weighted by atomic mass is 9.96. The van der Waals surface area contributed by atoms with Gasteiger partial charge in [0.05, 0.1) is 18.9 Å². The summed E-state index contributed by atoms with van der Waals surface area (Å²) >= 11 is 5.28. The molecule has 1 aliphatic carbocycles. The van der Waals surface area contributed by atoms with E-state index in [1.165, 1.54) is 19.3 Å². The summed E-state index contributed by atoms with van der Waals surface area (Å²) < 4.78 is 10.5. The zero-order valence-electron chi connectivity index (χ0n) is 16.4. The number of hydrogen-bond donors (Lipinski definition) is 2. The molecule has 152 valence electrons. The summed E-state index contributed by atoms with van der Waals surface area (Å²) in [5.41, 5.74) is 4.17. The number of hydrazone groups is 1. The van der Waals surface area contributed by atoms with Crippen molar-refractivity contribution in [3.8, 4) is 11.5 Å². The van der Waals surface area contributed by atoms with Gasteiger partial charge in [0.1, 0.15) is 11.5 Å². The minimum atomic E-state index is -0.421. The maximum atomic E-state index is 12.2. The van der Waals surface area contributed by atoms with Gasteiger partial charge >= 0.3 is 5.97 Å². The molecular weight excluding hydrogens is 386 g/mol. The fourth-order valence-corrected chi connectivity index (χ4v) is 3.36. The van der Waals surface area contributed by atoms with Crippen molar-refractivity contribution in [3.05, 3.63) is 59.7 Å². The van der Waals surface area contributed by atoms with E-state index in [9.17, 15) is 4.79 Å². The van der Waals surface area contributed by atoms with Crippen molar-refractivity contribution in [2.75, 3.05) is 7.11 Å². The number of carbonyl (C=O) groups excluding carboxylic acids is 1. The van der Waals surface area contributed by atoms with Crippen molar-refractivity contribution < 1.29 is 14.3 Å². The van der Waals surface area contributed by atoms with Gasteiger partial charge in [-0.3, -0.25) is 5.43 Å². The molecule has 0 amide bonds. The second kappa shape index (κ2) is 10.6. The number of benzene rings is 2. The average Bonchev–Trinajstić information content (AvgIpc) is 2.75. The standard InChI is InChI=1S/C22H25N3O3S/c1-27-19-13-9-17(10-14-19)21(26)28-20-11-7-16(8-12-20)15-23-25-22(29)24-18-5-3-2-4-6-18/h7-15,18H,2-6H2,1H3,(H2,24,25,29)/b23-15-. The molecule has 3 rings (SSSR count). The van der Waals surface area contributed by atoms with Crippen LogP contribution in [0.5, 0.6) is 11.5 Å². The lowest BCUT2D eigenvalue weighted by molar-refractivity contribution is 0.0734. The van der Waals surface area contributed by atoms with Crippen molar-refractivity contribution in [3.63, 3.8) is 0 Å². The van der Waals surface area contributed by atoms with Gasteiger partial charge in [0.25, 0.3) is 0 Å². The van der Waals surface area contributed by atoms with Crippen LogP contribution in [0.4, 0.5) is 0 Å². The molecule has 0 bridgehead atoms. The minimum absolute atomic E-state index is 0.421. The zero-order valence-corrected chi connectivity index (χ0v) is 17.2. The third kappa shape index (κ3) is 6.57. The van der Waals surface area contributed by atoms with Gasteiger partial charge in [0.2, 0.25) is 0 Å². The normalized spacial score (nSPS) is 14.4. The Bertz CT molecular complexity index is 845. The van der Waals surface area contributed by atoms with Gasteiger partial charge in [-0.1, -0.05) is 19.3 Å². The summed E-state index contributed by atoms with van der Waals surface area (Å²) in [5, 5.41) is 8.00. The number of hydrogen-bond acceptors (Lipinski definition) is 5. The highest BCUT2D eigenvalue weighted by molar-refractivity contribution is 7.80. The topological polar surface area (TPSA) is 72.0 Å². The quantitative estimate of drug-likeness (QED) is 0.246. The molecular formula is C22H25N3O3S. The Balaban J connectivity index is 1.46. The van der Waals surface area contributed by atoms with Crippen LogP contribution in [0.3, 0.4) is 0 Å². The van der Waals surface area contributed by atoms with Gasteiger partial charge < -0.3 is 14.8 Å². The summed E-state index contributed by atoms with van der Waals surface area (Å²) in [7, 11) is 1.58. The van der Waals surface area contributed by atoms with E-state index in [1.807, 2.05) is 12.1 Å². The van der Waals surface area contributed by atoms with Crippen LogP contribution in [0.25, 0.3) is 0 Å². The summed E-state index contributed by atoms with van der Waals surface area (Å²) in [6.45, 7) is 0. The monoisotopic (exact) mass is 411 g/mol. The van der Waals surface area contributed by atoms with E-state index in [1.54, 1.807) is 49.7 Å². The van der Waals surface area contributed by atoms with Gasteiger partial charge in [-0.15, -0.1) is 0 Å². The molecule has 7 heteroatoms. The Labute approximate surface area is 176 Å². The fourth-order valence-electron chi connectivity index (χ4n) is 3.15. The van der Waals surface area contributed by atoms with Crippen molar-refractivity contribution in [2.45, 2.75) is 38.1 Å². The molecule has 0 atom stereocenters. The molecule has 0 aliphatic heterocycles. The number of rotatable bonds is 6. The van der Waals surface area contributed by atoms with Crippen molar-refractivity contribution in [1.82, 2.24) is 10.7 Å². The van der Waals surface area contributed by atoms with E-state index in [4.69, 9.17) is 21.7 Å². The Morgan fingerprint density at radius 3 is 2.34 bits per heavy atom. The Kier molecular flexibility index (Phi) is 7.58. The average molecular weight is 412 g/mol. The van der Waals surface area contributed by atoms with E-state index in [0.717, 1.165) is 18.4 Å². The molecule has 0 heterocycles. The molecule has 6 nitrogen and oxygen atoms in total. The third-order valence-corrected chi connectivity index (χ3v) is 4.95. The Morgan fingerprint density at radius 2 is 1.69 bits per heavy atom. The van der Waals surface area contributed by atoms with Gasteiger partial charge in [-0.25, -0.2) is 4.79 Å². The van der Waals surface area contributed by atoms with E-state index >= 15 is 0 Å². The first-order chi connectivity index (χ1) is 14.1. The molecule has 0 aromatic heterocycles. The van der Waals surface area contributed by atoms with E-state index < -0.39 is 5.97 Å². The molecule has 2 aromatic rings. The lowest BCUT2D eigenvalue weighted by Gasteiger charge is -2.23. The summed E-state index contributed by atoms with van der Waals surface area (Å²) in [4.78, 5) is 12.2. The summed E-state index contributed by atoms with van der Waals surface area (Å²) in [6.07, 6.45) is 7.79. The van der Waals surface area contributed by atoms with Crippen molar-refractivity contribution >= 4 is 29.5 Å². The van der Waals surface area contributed by atoms with Crippen LogP contribution < -0.4 is 20.2 Å². The smallest absolute Gasteiger partial charge is 0.343 e. The number of nitrogens with zero attached hydrogens (tertiary/aromatic N) is 1. The van der Waals surface area contributed by atoms with Crippen molar-refractivity contribution in [2.24, 2.45) is 5.10 Å². The van der Waals surface area contributed by atoms with E-state index in [-0.39, 0.29) is 0 Å². The van der Waals surface area contributed by atoms with Crippen LogP contribution in [-0.2, 0) is 0 Å². The molecule has 0 saturated heterocycles. The predicted octanol–water partition coefficient (Wildman–Crippen LogP) is 4.05. The second-order valence-corrected chi connectivity index (χ2v) is 7.27. The highest BCUT2D eigenvalue weighted by atomic mass is 32.1. The van der Waals surface area contributed by atoms with Gasteiger partial charge in [-0.2, -0.15) is 5.10 Å². The number of nitrogens with one attached hydrogen (secondary N) is 2. The SMILES string of the molecule is COc1ccc(C(=O)Oc2ccc(/C=N\NC(=S)NC3CCCCC3)cc2)cc1. The van der Waals surface area contributed by atoms with Gasteiger partial charge in [0, 0.05) is 6.04 Å². The molecule has 0 radical (unpaired) electrons. The minimum Gasteiger partial charge on any atom is -0.497 e. The highest BCUT2D eigenvalue weighted by Crippen LogP contribution is 2.17. The Morgan fingerprint density at radius 1 is 1.03 bits per heavy atom. The van der Waals surface area contributed by atoms with Crippen LogP contribution in [0.15, 0.2) is 53.6 Å². The van der Waals surface area contributed by atoms with Crippen LogP contribution in [0.1, 0.15) is 48.0 Å². The molecule has 0 spiro atoms. The molecule has 2 aromatic carbocycles. The first kappa shape index (κ1) is 20.8. The molecule has 1 saturated carbocycles. The van der Waals surface area contributed by atoms with Crippen LogP contribution >= 0.6 is 12.2 Å². The summed E-state index contributed by atoms with van der Waals surface area (Å²) in [6, 6.07) is 14.3. The largest absolute Gasteiger partial charge is 0.497 e. The van der Waals surface area contributed by atoms with Gasteiger partial charge in [0.15, 0.2) is 5.11 Å². The maximum absolute atomic E-state index is 12.2. The first-order valence-corrected chi connectivity index (χ1v) is 10.1. The number of carbonyl (C=O) groups is 1. The van der Waals surface area contributed by atoms with Crippen LogP contribution in [-0.4, -0.2) is 30.4 Å². The van der Waals surface area contributed by atoms with Crippen molar-refractivity contribution in [1.29, 1.82) is 0 Å². The maximum Gasteiger partial charge on any atom is 0.343 e. The van der Waals surface area contributed by atoms with E-state index in [0.29, 0.717) is 28.2 Å². The zero-order chi connectivity index (χ0) is 20.5. The molecule has 29 heavy (non-hydrogen) atoms. The van der Waals surface area contributed by atoms with E-state index in [2.05, 4.69) is 15.8 Å². The number of methoxy groups -OCH3 is 1. The van der Waals surface area contributed by atoms with Crippen LogP contribution in [0, 0.1) is 0 Å². The molecule has 1 fully saturated rings. The molecule has 2 N–H and O–H groups in total. The molecule has 1 aliphatic rings. The predicted molar refractivity (Wildman–Crippen MR) is 118 cm³/mol. The number of esters is 1. The first-order valence-electron chi connectivity index (χ1n) is 9.70. The fraction of sp³-hybridized carbons (Fsp3) is 0.318. The highest BCUT2D eigenvalue weighted by Gasteiger charge is 2.13. The molecule has 0 unspecified atom stereocenters. The second-order valence-electron chi connectivity index (χ2n) is 6.87. The summed E-state index contributed by atoms with van der Waals surface area (Å²) in [5.74, 6) is 0.729. The Hall–Kier alpha value is -2.93. The third-order valence-electron chi connectivity index (χ3n) is 4.74.